The average Bonchev–Trinajstić information content (AvgIpc) is 2.69. The minimum Gasteiger partial charge on any atom is -0.491 e. The van der Waals surface area contributed by atoms with Crippen LogP contribution in [0.25, 0.3) is 0 Å². The highest BCUT2D eigenvalue weighted by atomic mass is 16.5. The van der Waals surface area contributed by atoms with Crippen molar-refractivity contribution in [2.45, 2.75) is 51.7 Å². The van der Waals surface area contributed by atoms with Crippen LogP contribution in [-0.4, -0.2) is 36.7 Å². The Morgan fingerprint density at radius 3 is 1.66 bits per heavy atom. The van der Waals surface area contributed by atoms with Gasteiger partial charge in [0.25, 0.3) is 0 Å². The fourth-order valence-corrected chi connectivity index (χ4v) is 3.41. The van der Waals surface area contributed by atoms with Crippen molar-refractivity contribution in [3.05, 3.63) is 59.7 Å². The van der Waals surface area contributed by atoms with E-state index in [4.69, 9.17) is 32.4 Å². The zero-order valence-corrected chi connectivity index (χ0v) is 19.3. The summed E-state index contributed by atoms with van der Waals surface area (Å²) in [4.78, 5) is 8.01. The third kappa shape index (κ3) is 9.59. The Kier molecular flexibility index (Phi) is 9.19. The molecule has 0 amide bonds. The maximum atomic E-state index is 6.21. The lowest BCUT2D eigenvalue weighted by molar-refractivity contribution is 0.0543. The second-order valence-electron chi connectivity index (χ2n) is 8.40. The highest BCUT2D eigenvalue weighted by Gasteiger charge is 2.24. The predicted molar refractivity (Wildman–Crippen MR) is 131 cm³/mol. The van der Waals surface area contributed by atoms with Gasteiger partial charge in [-0.15, -0.1) is 0 Å². The van der Waals surface area contributed by atoms with E-state index in [9.17, 15) is 0 Å². The van der Waals surface area contributed by atoms with Crippen molar-refractivity contribution < 1.29 is 9.47 Å². The second kappa shape index (κ2) is 11.8. The zero-order valence-electron chi connectivity index (χ0n) is 19.3. The lowest BCUT2D eigenvalue weighted by Crippen LogP contribution is -2.34. The Morgan fingerprint density at radius 1 is 0.781 bits per heavy atom. The summed E-state index contributed by atoms with van der Waals surface area (Å²) in [7, 11) is 0. The molecule has 8 N–H and O–H groups in total. The number of benzene rings is 2. The Hall–Kier alpha value is -3.42. The summed E-state index contributed by atoms with van der Waals surface area (Å²) in [5.41, 5.74) is 23.3. The quantitative estimate of drug-likeness (QED) is 0.294. The summed E-state index contributed by atoms with van der Waals surface area (Å²) >= 11 is 0. The molecular formula is C24H36N6O2. The maximum absolute atomic E-state index is 6.21. The molecule has 0 saturated carbocycles. The number of hydrogen-bond acceptors (Lipinski definition) is 4. The van der Waals surface area contributed by atoms with Gasteiger partial charge in [0.2, 0.25) is 0 Å². The summed E-state index contributed by atoms with van der Waals surface area (Å²) in [6.45, 7) is 7.31. The van der Waals surface area contributed by atoms with Crippen molar-refractivity contribution in [3.63, 3.8) is 0 Å². The normalized spacial score (nSPS) is 12.0. The van der Waals surface area contributed by atoms with Gasteiger partial charge in [-0.1, -0.05) is 24.3 Å². The van der Waals surface area contributed by atoms with E-state index in [0.29, 0.717) is 13.1 Å². The second-order valence-corrected chi connectivity index (χ2v) is 8.40. The molecule has 1 unspecified atom stereocenters. The third-order valence-electron chi connectivity index (χ3n) is 4.75. The van der Waals surface area contributed by atoms with E-state index in [0.717, 1.165) is 41.9 Å². The SMILES string of the molecule is CC(CC(C)(C)Oc1ccc(CCN=C(N)N)cc1)Oc1ccc(CCN=C(N)N)cc1. The Balaban J connectivity index is 1.83. The van der Waals surface area contributed by atoms with Crippen LogP contribution < -0.4 is 32.4 Å². The van der Waals surface area contributed by atoms with Gasteiger partial charge in [0.05, 0.1) is 6.10 Å². The molecule has 8 heteroatoms. The van der Waals surface area contributed by atoms with Crippen molar-refractivity contribution >= 4 is 11.9 Å². The van der Waals surface area contributed by atoms with Crippen LogP contribution in [0.1, 0.15) is 38.3 Å². The molecule has 0 spiro atoms. The summed E-state index contributed by atoms with van der Waals surface area (Å²) in [6, 6.07) is 16.0. The van der Waals surface area contributed by atoms with E-state index in [1.807, 2.05) is 55.5 Å². The van der Waals surface area contributed by atoms with Gasteiger partial charge < -0.3 is 32.4 Å². The molecule has 0 heterocycles. The number of hydrogen-bond donors (Lipinski definition) is 4. The maximum Gasteiger partial charge on any atom is 0.185 e. The van der Waals surface area contributed by atoms with E-state index in [-0.39, 0.29) is 23.6 Å². The molecule has 174 valence electrons. The van der Waals surface area contributed by atoms with Crippen LogP contribution in [0, 0.1) is 0 Å². The monoisotopic (exact) mass is 440 g/mol. The number of nitrogens with two attached hydrogens (primary N) is 4. The van der Waals surface area contributed by atoms with Gasteiger partial charge in [0.1, 0.15) is 17.1 Å². The van der Waals surface area contributed by atoms with Crippen molar-refractivity contribution in [3.8, 4) is 11.5 Å². The molecule has 2 aromatic rings. The first-order valence-electron chi connectivity index (χ1n) is 10.8. The fraction of sp³-hybridized carbons (Fsp3) is 0.417. The van der Waals surface area contributed by atoms with Crippen LogP contribution in [0.15, 0.2) is 58.5 Å². The first-order valence-corrected chi connectivity index (χ1v) is 10.8. The largest absolute Gasteiger partial charge is 0.491 e. The van der Waals surface area contributed by atoms with E-state index in [2.05, 4.69) is 23.8 Å². The molecule has 8 nitrogen and oxygen atoms in total. The molecule has 0 fully saturated rings. The van der Waals surface area contributed by atoms with Gasteiger partial charge in [-0.25, -0.2) is 0 Å². The Bertz CT molecular complexity index is 884. The zero-order chi connectivity index (χ0) is 23.6. The fourth-order valence-electron chi connectivity index (χ4n) is 3.41. The molecule has 1 atom stereocenters. The Morgan fingerprint density at radius 2 is 1.22 bits per heavy atom. The number of guanidine groups is 2. The van der Waals surface area contributed by atoms with Crippen molar-refractivity contribution in [1.82, 2.24) is 0 Å². The lowest BCUT2D eigenvalue weighted by atomic mass is 10.0. The van der Waals surface area contributed by atoms with Crippen LogP contribution in [-0.2, 0) is 12.8 Å². The van der Waals surface area contributed by atoms with Gasteiger partial charge in [-0.2, -0.15) is 0 Å². The molecule has 0 aliphatic rings. The molecule has 0 aromatic heterocycles. The van der Waals surface area contributed by atoms with Crippen molar-refractivity contribution in [2.24, 2.45) is 32.9 Å². The minimum absolute atomic E-state index is 0.0173. The van der Waals surface area contributed by atoms with Gasteiger partial charge in [0.15, 0.2) is 11.9 Å². The molecule has 2 rings (SSSR count). The molecule has 0 saturated heterocycles. The van der Waals surface area contributed by atoms with Crippen LogP contribution in [0.3, 0.4) is 0 Å². The molecule has 32 heavy (non-hydrogen) atoms. The molecule has 0 aliphatic heterocycles. The first kappa shape index (κ1) is 24.8. The topological polar surface area (TPSA) is 147 Å². The van der Waals surface area contributed by atoms with Gasteiger partial charge in [-0.05, 0) is 69.0 Å². The summed E-state index contributed by atoms with van der Waals surface area (Å²) in [6.07, 6.45) is 2.27. The molecule has 2 aromatic carbocycles. The molecule has 0 radical (unpaired) electrons. The average molecular weight is 441 g/mol. The number of aliphatic imine (C=N–C) groups is 2. The smallest absolute Gasteiger partial charge is 0.185 e. The molecular weight excluding hydrogens is 404 g/mol. The Labute approximate surface area is 190 Å². The third-order valence-corrected chi connectivity index (χ3v) is 4.75. The highest BCUT2D eigenvalue weighted by Crippen LogP contribution is 2.25. The van der Waals surface area contributed by atoms with E-state index in [1.165, 1.54) is 0 Å². The summed E-state index contributed by atoms with van der Waals surface area (Å²) in [5.74, 6) is 1.87. The van der Waals surface area contributed by atoms with E-state index >= 15 is 0 Å². The summed E-state index contributed by atoms with van der Waals surface area (Å²) in [5, 5.41) is 0. The van der Waals surface area contributed by atoms with E-state index < -0.39 is 0 Å². The highest BCUT2D eigenvalue weighted by molar-refractivity contribution is 5.75. The van der Waals surface area contributed by atoms with Gasteiger partial charge in [-0.3, -0.25) is 9.98 Å². The predicted octanol–water partition coefficient (Wildman–Crippen LogP) is 2.33. The van der Waals surface area contributed by atoms with Crippen LogP contribution in [0.5, 0.6) is 11.5 Å². The van der Waals surface area contributed by atoms with Crippen molar-refractivity contribution in [1.29, 1.82) is 0 Å². The van der Waals surface area contributed by atoms with Crippen molar-refractivity contribution in [2.75, 3.05) is 13.1 Å². The number of ether oxygens (including phenoxy) is 2. The minimum atomic E-state index is -0.390. The van der Waals surface area contributed by atoms with Gasteiger partial charge >= 0.3 is 0 Å². The first-order chi connectivity index (χ1) is 15.1. The molecule has 0 aliphatic carbocycles. The number of nitrogens with zero attached hydrogens (tertiary/aromatic N) is 2. The summed E-state index contributed by atoms with van der Waals surface area (Å²) < 4.78 is 12.3. The van der Waals surface area contributed by atoms with E-state index in [1.54, 1.807) is 0 Å². The lowest BCUT2D eigenvalue weighted by Gasteiger charge is -2.29. The standard InChI is InChI=1S/C24H36N6O2/c1-17(31-20-8-4-18(5-9-20)12-14-29-22(25)26)16-24(2,3)32-21-10-6-19(7-11-21)13-15-30-23(27)28/h4-11,17H,12-16H2,1-3H3,(H4,25,26,29)(H4,27,28,30). The van der Waals surface area contributed by atoms with Crippen LogP contribution in [0.2, 0.25) is 0 Å². The number of rotatable bonds is 12. The molecule has 0 bridgehead atoms. The van der Waals surface area contributed by atoms with Gasteiger partial charge in [0, 0.05) is 19.5 Å². The van der Waals surface area contributed by atoms with Crippen LogP contribution >= 0.6 is 0 Å². The van der Waals surface area contributed by atoms with Crippen LogP contribution in [0.4, 0.5) is 0 Å².